The second-order valence-corrected chi connectivity index (χ2v) is 5.42. The zero-order chi connectivity index (χ0) is 16.1. The molecule has 2 atom stereocenters. The van der Waals surface area contributed by atoms with E-state index < -0.39 is 6.10 Å². The first-order valence-electron chi connectivity index (χ1n) is 7.55. The number of carbonyl (C=O) groups is 1. The zero-order valence-electron chi connectivity index (χ0n) is 13.7. The van der Waals surface area contributed by atoms with E-state index >= 15 is 0 Å². The van der Waals surface area contributed by atoms with Crippen LogP contribution in [0.1, 0.15) is 25.6 Å². The predicted molar refractivity (Wildman–Crippen MR) is 82.7 cm³/mol. The molecule has 1 aliphatic rings. The van der Waals surface area contributed by atoms with Crippen molar-refractivity contribution >= 4 is 11.9 Å². The molecule has 1 aliphatic heterocycles. The minimum absolute atomic E-state index is 0.00274. The highest BCUT2D eigenvalue weighted by Gasteiger charge is 2.29. The van der Waals surface area contributed by atoms with Crippen LogP contribution >= 0.6 is 0 Å². The molecule has 1 aromatic rings. The Morgan fingerprint density at radius 1 is 1.59 bits per heavy atom. The van der Waals surface area contributed by atoms with E-state index in [1.54, 1.807) is 18.0 Å². The van der Waals surface area contributed by atoms with Crippen molar-refractivity contribution in [2.24, 2.45) is 0 Å². The number of nitrogens with zero attached hydrogens (tertiary/aromatic N) is 4. The second-order valence-electron chi connectivity index (χ2n) is 5.42. The van der Waals surface area contributed by atoms with Crippen molar-refractivity contribution in [3.63, 3.8) is 0 Å². The van der Waals surface area contributed by atoms with Crippen molar-refractivity contribution < 1.29 is 14.3 Å². The summed E-state index contributed by atoms with van der Waals surface area (Å²) in [7, 11) is 3.78. The van der Waals surface area contributed by atoms with Crippen molar-refractivity contribution in [2.45, 2.75) is 26.1 Å². The Kier molecular flexibility index (Phi) is 5.68. The molecule has 0 aliphatic carbocycles. The van der Waals surface area contributed by atoms with E-state index in [2.05, 4.69) is 9.97 Å². The molecule has 0 bridgehead atoms. The largest absolute Gasteiger partial charge is 0.369 e. The summed E-state index contributed by atoms with van der Waals surface area (Å²) in [5.41, 5.74) is 0.792. The Bertz CT molecular complexity index is 509. The predicted octanol–water partition coefficient (Wildman–Crippen LogP) is 0.867. The van der Waals surface area contributed by atoms with Gasteiger partial charge in [-0.3, -0.25) is 4.79 Å². The molecule has 0 N–H and O–H groups in total. The van der Waals surface area contributed by atoms with Gasteiger partial charge in [0.15, 0.2) is 0 Å². The van der Waals surface area contributed by atoms with Gasteiger partial charge >= 0.3 is 0 Å². The number of anilines is 1. The fraction of sp³-hybridized carbons (Fsp3) is 0.667. The molecular weight excluding hydrogens is 284 g/mol. The summed E-state index contributed by atoms with van der Waals surface area (Å²) in [5.74, 6) is 0.629. The average molecular weight is 308 g/mol. The second kappa shape index (κ2) is 7.51. The molecular formula is C15H24N4O3. The number of carbonyl (C=O) groups excluding carboxylic acids is 1. The first-order valence-corrected chi connectivity index (χ1v) is 7.55. The maximum atomic E-state index is 12.3. The quantitative estimate of drug-likeness (QED) is 0.804. The highest BCUT2D eigenvalue weighted by atomic mass is 16.5. The van der Waals surface area contributed by atoms with Crippen LogP contribution in [-0.2, 0) is 14.3 Å². The lowest BCUT2D eigenvalue weighted by Crippen LogP contribution is -2.46. The Labute approximate surface area is 131 Å². The third-order valence-corrected chi connectivity index (χ3v) is 3.54. The molecule has 0 aromatic carbocycles. The van der Waals surface area contributed by atoms with Crippen molar-refractivity contribution in [2.75, 3.05) is 45.3 Å². The molecule has 0 unspecified atom stereocenters. The topological polar surface area (TPSA) is 67.8 Å². The molecule has 7 heteroatoms. The highest BCUT2D eigenvalue weighted by molar-refractivity contribution is 5.80. The summed E-state index contributed by atoms with van der Waals surface area (Å²) in [6.07, 6.45) is 1.06. The summed E-state index contributed by atoms with van der Waals surface area (Å²) >= 11 is 0. The standard InChI is InChI=1S/C15H24N4O3/c1-5-21-11(2)14(20)19-8-9-22-13(10-19)12-6-7-16-15(17-12)18(3)4/h6-7,11,13H,5,8-10H2,1-4H3/t11-,13+/m0/s1. The van der Waals surface area contributed by atoms with Crippen LogP contribution in [0.5, 0.6) is 0 Å². The molecule has 1 amide bonds. The molecule has 1 fully saturated rings. The van der Waals surface area contributed by atoms with Crippen molar-refractivity contribution in [1.29, 1.82) is 0 Å². The molecule has 1 saturated heterocycles. The molecule has 0 radical (unpaired) electrons. The van der Waals surface area contributed by atoms with E-state index in [4.69, 9.17) is 9.47 Å². The molecule has 1 aromatic heterocycles. The van der Waals surface area contributed by atoms with E-state index in [0.717, 1.165) is 5.69 Å². The average Bonchev–Trinajstić information content (AvgIpc) is 2.54. The molecule has 22 heavy (non-hydrogen) atoms. The Balaban J connectivity index is 2.07. The van der Waals surface area contributed by atoms with Gasteiger partial charge in [0, 0.05) is 33.4 Å². The van der Waals surface area contributed by atoms with Gasteiger partial charge in [0.25, 0.3) is 5.91 Å². The smallest absolute Gasteiger partial charge is 0.251 e. The normalized spacial score (nSPS) is 19.8. The number of rotatable bonds is 5. The van der Waals surface area contributed by atoms with Gasteiger partial charge in [-0.05, 0) is 19.9 Å². The van der Waals surface area contributed by atoms with Crippen LogP contribution < -0.4 is 4.90 Å². The number of aromatic nitrogens is 2. The number of amides is 1. The number of ether oxygens (including phenoxy) is 2. The van der Waals surface area contributed by atoms with Crippen molar-refractivity contribution in [1.82, 2.24) is 14.9 Å². The minimum Gasteiger partial charge on any atom is -0.369 e. The van der Waals surface area contributed by atoms with Crippen molar-refractivity contribution in [3.8, 4) is 0 Å². The summed E-state index contributed by atoms with van der Waals surface area (Å²) in [6.45, 7) is 5.76. The fourth-order valence-corrected chi connectivity index (χ4v) is 2.36. The summed E-state index contributed by atoms with van der Waals surface area (Å²) in [4.78, 5) is 24.7. The van der Waals surface area contributed by atoms with E-state index in [1.807, 2.05) is 32.0 Å². The molecule has 2 heterocycles. The Hall–Kier alpha value is -1.73. The molecule has 122 valence electrons. The molecule has 0 saturated carbocycles. The molecule has 2 rings (SSSR count). The summed E-state index contributed by atoms with van der Waals surface area (Å²) in [5, 5.41) is 0. The maximum Gasteiger partial charge on any atom is 0.251 e. The van der Waals surface area contributed by atoms with Crippen LogP contribution in [0.3, 0.4) is 0 Å². The van der Waals surface area contributed by atoms with Crippen molar-refractivity contribution in [3.05, 3.63) is 18.0 Å². The van der Waals surface area contributed by atoms with Gasteiger partial charge in [-0.1, -0.05) is 0 Å². The Morgan fingerprint density at radius 3 is 3.05 bits per heavy atom. The Morgan fingerprint density at radius 2 is 2.36 bits per heavy atom. The summed E-state index contributed by atoms with van der Waals surface area (Å²) < 4.78 is 11.2. The zero-order valence-corrected chi connectivity index (χ0v) is 13.7. The molecule has 7 nitrogen and oxygen atoms in total. The maximum absolute atomic E-state index is 12.3. The van der Waals surface area contributed by atoms with Gasteiger partial charge in [-0.2, -0.15) is 0 Å². The van der Waals surface area contributed by atoms with Gasteiger partial charge in [-0.25, -0.2) is 9.97 Å². The van der Waals surface area contributed by atoms with E-state index in [-0.39, 0.29) is 12.0 Å². The molecule has 0 spiro atoms. The summed E-state index contributed by atoms with van der Waals surface area (Å²) in [6, 6.07) is 1.83. The first kappa shape index (κ1) is 16.6. The third-order valence-electron chi connectivity index (χ3n) is 3.54. The van der Waals surface area contributed by atoms with Crippen LogP contribution in [0.2, 0.25) is 0 Å². The highest BCUT2D eigenvalue weighted by Crippen LogP contribution is 2.22. The fourth-order valence-electron chi connectivity index (χ4n) is 2.36. The van der Waals surface area contributed by atoms with E-state index in [0.29, 0.717) is 32.3 Å². The van der Waals surface area contributed by atoms with Crippen LogP contribution in [-0.4, -0.2) is 67.3 Å². The lowest BCUT2D eigenvalue weighted by Gasteiger charge is -2.34. The minimum atomic E-state index is -0.425. The first-order chi connectivity index (χ1) is 10.5. The van der Waals surface area contributed by atoms with Gasteiger partial charge < -0.3 is 19.3 Å². The number of morpholine rings is 1. The number of hydrogen-bond donors (Lipinski definition) is 0. The van der Waals surface area contributed by atoms with Crippen LogP contribution in [0, 0.1) is 0 Å². The van der Waals surface area contributed by atoms with Gasteiger partial charge in [-0.15, -0.1) is 0 Å². The van der Waals surface area contributed by atoms with Crippen LogP contribution in [0.4, 0.5) is 5.95 Å². The lowest BCUT2D eigenvalue weighted by molar-refractivity contribution is -0.150. The van der Waals surface area contributed by atoms with Gasteiger partial charge in [0.1, 0.15) is 12.2 Å². The van der Waals surface area contributed by atoms with Crippen LogP contribution in [0.15, 0.2) is 12.3 Å². The lowest BCUT2D eigenvalue weighted by atomic mass is 10.2. The van der Waals surface area contributed by atoms with E-state index in [1.165, 1.54) is 0 Å². The monoisotopic (exact) mass is 308 g/mol. The van der Waals surface area contributed by atoms with Gasteiger partial charge in [0.05, 0.1) is 18.8 Å². The van der Waals surface area contributed by atoms with Gasteiger partial charge in [0.2, 0.25) is 5.95 Å². The van der Waals surface area contributed by atoms with E-state index in [9.17, 15) is 4.79 Å². The third kappa shape index (κ3) is 3.92. The SMILES string of the molecule is CCO[C@@H](C)C(=O)N1CCO[C@@H](c2ccnc(N(C)C)n2)C1. The number of hydrogen-bond acceptors (Lipinski definition) is 6. The van der Waals surface area contributed by atoms with Crippen LogP contribution in [0.25, 0.3) is 0 Å².